The van der Waals surface area contributed by atoms with E-state index in [0.717, 1.165) is 11.1 Å². The molecule has 5 heteroatoms. The van der Waals surface area contributed by atoms with Gasteiger partial charge in [0.25, 0.3) is 5.91 Å². The minimum Gasteiger partial charge on any atom is -0.488 e. The summed E-state index contributed by atoms with van der Waals surface area (Å²) < 4.78 is 5.58. The molecular weight excluding hydrogens is 312 g/mol. The maximum absolute atomic E-state index is 12.3. The monoisotopic (exact) mass is 324 g/mol. The predicted molar refractivity (Wildman–Crippen MR) is 89.3 cm³/mol. The van der Waals surface area contributed by atoms with Crippen LogP contribution in [0.3, 0.4) is 0 Å². The lowest BCUT2D eigenvalue weighted by Gasteiger charge is -2.18. The molecule has 0 radical (unpaired) electrons. The number of nitriles is 1. The second kappa shape index (κ2) is 6.55. The Hall–Kier alpha value is -2.77. The molecule has 0 saturated carbocycles. The topological polar surface area (TPSA) is 62.1 Å². The van der Waals surface area contributed by atoms with Crippen LogP contribution in [0.5, 0.6) is 5.75 Å². The Bertz CT molecular complexity index is 820. The van der Waals surface area contributed by atoms with Crippen LogP contribution in [0.1, 0.15) is 11.1 Å². The van der Waals surface area contributed by atoms with E-state index in [1.165, 1.54) is 0 Å². The third-order valence-electron chi connectivity index (χ3n) is 3.47. The number of amides is 1. The Morgan fingerprint density at radius 3 is 2.78 bits per heavy atom. The Morgan fingerprint density at radius 1 is 1.26 bits per heavy atom. The van der Waals surface area contributed by atoms with Crippen molar-refractivity contribution in [3.63, 3.8) is 0 Å². The third-order valence-corrected chi connectivity index (χ3v) is 3.71. The van der Waals surface area contributed by atoms with Gasteiger partial charge in [-0.3, -0.25) is 4.79 Å². The number of rotatable bonds is 3. The Kier molecular flexibility index (Phi) is 4.31. The summed E-state index contributed by atoms with van der Waals surface area (Å²) >= 11 is 5.97. The lowest BCUT2D eigenvalue weighted by atomic mass is 10.1. The largest absolute Gasteiger partial charge is 0.488 e. The van der Waals surface area contributed by atoms with Gasteiger partial charge in [0.1, 0.15) is 12.4 Å². The summed E-state index contributed by atoms with van der Waals surface area (Å²) in [6.45, 7) is 0.215. The molecule has 2 aromatic rings. The number of hydrogen-bond acceptors (Lipinski definition) is 3. The molecule has 3 rings (SSSR count). The molecule has 1 aliphatic rings. The minimum absolute atomic E-state index is 0.215. The van der Waals surface area contributed by atoms with Gasteiger partial charge in [0, 0.05) is 16.3 Å². The minimum atomic E-state index is -0.219. The van der Waals surface area contributed by atoms with Gasteiger partial charge in [-0.2, -0.15) is 5.26 Å². The van der Waals surface area contributed by atoms with Crippen molar-refractivity contribution in [2.24, 2.45) is 0 Å². The van der Waals surface area contributed by atoms with E-state index in [4.69, 9.17) is 21.6 Å². The number of ether oxygens (including phenoxy) is 1. The van der Waals surface area contributed by atoms with Gasteiger partial charge >= 0.3 is 0 Å². The number of hydrogen-bond donors (Lipinski definition) is 1. The zero-order chi connectivity index (χ0) is 16.2. The van der Waals surface area contributed by atoms with E-state index in [9.17, 15) is 4.79 Å². The van der Waals surface area contributed by atoms with Gasteiger partial charge in [-0.25, -0.2) is 0 Å². The molecule has 1 amide bonds. The van der Waals surface area contributed by atoms with Crippen LogP contribution in [-0.4, -0.2) is 12.5 Å². The molecule has 1 heterocycles. The van der Waals surface area contributed by atoms with E-state index < -0.39 is 0 Å². The molecule has 0 unspecified atom stereocenters. The van der Waals surface area contributed by atoms with Gasteiger partial charge < -0.3 is 10.1 Å². The SMILES string of the molecule is N#CCc1ccc(NC(=O)C2=Cc3cc(Cl)ccc3OC2)cc1. The zero-order valence-electron chi connectivity index (χ0n) is 12.2. The van der Waals surface area contributed by atoms with Crippen molar-refractivity contribution in [1.29, 1.82) is 5.26 Å². The number of carbonyl (C=O) groups excluding carboxylic acids is 1. The number of halogens is 1. The van der Waals surface area contributed by atoms with Crippen molar-refractivity contribution < 1.29 is 9.53 Å². The van der Waals surface area contributed by atoms with Crippen LogP contribution in [0.4, 0.5) is 5.69 Å². The predicted octanol–water partition coefficient (Wildman–Crippen LogP) is 3.82. The summed E-state index contributed by atoms with van der Waals surface area (Å²) in [4.78, 5) is 12.3. The number of nitrogens with zero attached hydrogens (tertiary/aromatic N) is 1. The summed E-state index contributed by atoms with van der Waals surface area (Å²) in [7, 11) is 0. The molecule has 4 nitrogen and oxygen atoms in total. The first kappa shape index (κ1) is 15.1. The highest BCUT2D eigenvalue weighted by Crippen LogP contribution is 2.29. The normalized spacial score (nSPS) is 12.4. The maximum Gasteiger partial charge on any atom is 0.255 e. The Morgan fingerprint density at radius 2 is 2.04 bits per heavy atom. The van der Waals surface area contributed by atoms with Gasteiger partial charge in [-0.1, -0.05) is 23.7 Å². The highest BCUT2D eigenvalue weighted by atomic mass is 35.5. The van der Waals surface area contributed by atoms with Crippen molar-refractivity contribution >= 4 is 29.3 Å². The van der Waals surface area contributed by atoms with Crippen molar-refractivity contribution in [2.75, 3.05) is 11.9 Å². The first-order valence-electron chi connectivity index (χ1n) is 7.06. The van der Waals surface area contributed by atoms with E-state index in [1.807, 2.05) is 12.1 Å². The molecule has 0 aromatic heterocycles. The van der Waals surface area contributed by atoms with E-state index in [-0.39, 0.29) is 12.5 Å². The van der Waals surface area contributed by atoms with E-state index in [0.29, 0.717) is 28.5 Å². The number of carbonyl (C=O) groups is 1. The second-order valence-corrected chi connectivity index (χ2v) is 5.56. The smallest absolute Gasteiger partial charge is 0.255 e. The summed E-state index contributed by atoms with van der Waals surface area (Å²) in [6, 6.07) is 14.6. The number of fused-ring (bicyclic) bond motifs is 1. The van der Waals surface area contributed by atoms with Gasteiger partial charge in [0.2, 0.25) is 0 Å². The van der Waals surface area contributed by atoms with E-state index >= 15 is 0 Å². The number of benzene rings is 2. The fraction of sp³-hybridized carbons (Fsp3) is 0.111. The van der Waals surface area contributed by atoms with Gasteiger partial charge in [0.05, 0.1) is 18.1 Å². The molecule has 2 aromatic carbocycles. The fourth-order valence-electron chi connectivity index (χ4n) is 2.29. The third kappa shape index (κ3) is 3.53. The average Bonchev–Trinajstić information content (AvgIpc) is 2.56. The standard InChI is InChI=1S/C18H13ClN2O2/c19-15-3-6-17-13(10-15)9-14(11-23-17)18(22)21-16-4-1-12(2-5-16)7-8-20/h1-6,9-10H,7,11H2,(H,21,22). The van der Waals surface area contributed by atoms with Crippen LogP contribution < -0.4 is 10.1 Å². The molecule has 1 N–H and O–H groups in total. The first-order chi connectivity index (χ1) is 11.2. The number of anilines is 1. The zero-order valence-corrected chi connectivity index (χ0v) is 12.9. The van der Waals surface area contributed by atoms with Crippen LogP contribution in [0, 0.1) is 11.3 Å². The van der Waals surface area contributed by atoms with Crippen LogP contribution in [-0.2, 0) is 11.2 Å². The van der Waals surface area contributed by atoms with Crippen LogP contribution in [0.2, 0.25) is 5.02 Å². The highest BCUT2D eigenvalue weighted by molar-refractivity contribution is 6.30. The van der Waals surface area contributed by atoms with E-state index in [2.05, 4.69) is 11.4 Å². The average molecular weight is 325 g/mol. The molecule has 1 aliphatic heterocycles. The lowest BCUT2D eigenvalue weighted by molar-refractivity contribution is -0.113. The fourth-order valence-corrected chi connectivity index (χ4v) is 2.47. The van der Waals surface area contributed by atoms with Gasteiger partial charge in [0.15, 0.2) is 0 Å². The molecule has 0 atom stereocenters. The van der Waals surface area contributed by atoms with Crippen LogP contribution in [0.25, 0.3) is 6.08 Å². The summed E-state index contributed by atoms with van der Waals surface area (Å²) in [5.41, 5.74) is 2.91. The van der Waals surface area contributed by atoms with E-state index in [1.54, 1.807) is 36.4 Å². The van der Waals surface area contributed by atoms with Gasteiger partial charge in [-0.15, -0.1) is 0 Å². The molecule has 23 heavy (non-hydrogen) atoms. The molecule has 114 valence electrons. The Labute approximate surface area is 139 Å². The molecule has 0 saturated heterocycles. The quantitative estimate of drug-likeness (QED) is 0.933. The van der Waals surface area contributed by atoms with Crippen LogP contribution >= 0.6 is 11.6 Å². The van der Waals surface area contributed by atoms with Crippen molar-refractivity contribution in [3.05, 3.63) is 64.2 Å². The number of nitrogens with one attached hydrogen (secondary N) is 1. The summed E-state index contributed by atoms with van der Waals surface area (Å²) in [6.07, 6.45) is 2.13. The van der Waals surface area contributed by atoms with Gasteiger partial charge in [-0.05, 0) is 42.0 Å². The van der Waals surface area contributed by atoms with Crippen LogP contribution in [0.15, 0.2) is 48.0 Å². The molecular formula is C18H13ClN2O2. The van der Waals surface area contributed by atoms with Crippen molar-refractivity contribution in [1.82, 2.24) is 0 Å². The van der Waals surface area contributed by atoms with Crippen molar-refractivity contribution in [3.8, 4) is 11.8 Å². The summed E-state index contributed by atoms with van der Waals surface area (Å²) in [5, 5.41) is 12.1. The highest BCUT2D eigenvalue weighted by Gasteiger charge is 2.17. The molecule has 0 aliphatic carbocycles. The second-order valence-electron chi connectivity index (χ2n) is 5.13. The molecule has 0 spiro atoms. The molecule has 0 bridgehead atoms. The summed E-state index contributed by atoms with van der Waals surface area (Å²) in [5.74, 6) is 0.496. The van der Waals surface area contributed by atoms with Crippen molar-refractivity contribution in [2.45, 2.75) is 6.42 Å². The Balaban J connectivity index is 1.75. The molecule has 0 fully saturated rings. The lowest BCUT2D eigenvalue weighted by Crippen LogP contribution is -2.21. The first-order valence-corrected chi connectivity index (χ1v) is 7.43. The maximum atomic E-state index is 12.3.